The monoisotopic (exact) mass is 320 g/mol. The first-order valence-corrected chi connectivity index (χ1v) is 7.90. The van der Waals surface area contributed by atoms with Crippen molar-refractivity contribution < 1.29 is 13.9 Å². The Morgan fingerprint density at radius 3 is 2.39 bits per heavy atom. The van der Waals surface area contributed by atoms with Gasteiger partial charge in [-0.15, -0.1) is 0 Å². The molecule has 1 aliphatic rings. The van der Waals surface area contributed by atoms with E-state index in [9.17, 15) is 9.18 Å². The van der Waals surface area contributed by atoms with E-state index in [1.165, 1.54) is 4.90 Å². The summed E-state index contributed by atoms with van der Waals surface area (Å²) in [5, 5.41) is 8.71. The number of carbonyl (C=O) groups excluding carboxylic acids is 1. The Bertz CT molecular complexity index is 563. The van der Waals surface area contributed by atoms with Gasteiger partial charge in [0.15, 0.2) is 0 Å². The van der Waals surface area contributed by atoms with Gasteiger partial charge in [-0.2, -0.15) is 5.26 Å². The molecule has 2 rings (SSSR count). The highest BCUT2D eigenvalue weighted by Crippen LogP contribution is 2.41. The minimum atomic E-state index is -0.930. The number of carbonyl (C=O) groups is 1. The fourth-order valence-electron chi connectivity index (χ4n) is 2.82. The minimum Gasteiger partial charge on any atom is -0.346 e. The molecule has 1 aromatic carbocycles. The zero-order chi connectivity index (χ0) is 17.6. The van der Waals surface area contributed by atoms with Gasteiger partial charge in [0, 0.05) is 0 Å². The van der Waals surface area contributed by atoms with E-state index in [0.29, 0.717) is 0 Å². The van der Waals surface area contributed by atoms with E-state index in [4.69, 9.17) is 10.00 Å². The van der Waals surface area contributed by atoms with Crippen molar-refractivity contribution in [1.82, 2.24) is 4.90 Å². The molecule has 1 fully saturated rings. The number of halogens is 1. The standard InChI is InChI=1S/C16H19FN2O2.C2H6/c1-11-4-6-12(7-5-11)15-13(10-17)19(14(20)8-9-18)16(2,3)21-15;1-2/h4-7,13,15H,8,10H2,1-3H3;1-2H3/t13-,15-;/m1./s1. The predicted molar refractivity (Wildman–Crippen MR) is 87.3 cm³/mol. The lowest BCUT2D eigenvalue weighted by atomic mass is 10.0. The molecule has 0 aromatic heterocycles. The summed E-state index contributed by atoms with van der Waals surface area (Å²) in [6, 6.07) is 8.75. The molecule has 1 aliphatic heterocycles. The van der Waals surface area contributed by atoms with Crippen LogP contribution in [0.15, 0.2) is 24.3 Å². The topological polar surface area (TPSA) is 53.3 Å². The maximum Gasteiger partial charge on any atom is 0.239 e. The van der Waals surface area contributed by atoms with Crippen LogP contribution in [0.25, 0.3) is 0 Å². The summed E-state index contributed by atoms with van der Waals surface area (Å²) < 4.78 is 19.5. The molecule has 0 bridgehead atoms. The number of alkyl halides is 1. The summed E-state index contributed by atoms with van der Waals surface area (Å²) in [6.07, 6.45) is -0.794. The second-order valence-corrected chi connectivity index (χ2v) is 5.72. The predicted octanol–water partition coefficient (Wildman–Crippen LogP) is 3.91. The van der Waals surface area contributed by atoms with Gasteiger partial charge in [0.05, 0.1) is 12.1 Å². The Labute approximate surface area is 137 Å². The highest BCUT2D eigenvalue weighted by atomic mass is 19.1. The van der Waals surface area contributed by atoms with Crippen LogP contribution in [-0.4, -0.2) is 29.2 Å². The second-order valence-electron chi connectivity index (χ2n) is 5.72. The molecule has 0 unspecified atom stereocenters. The highest BCUT2D eigenvalue weighted by Gasteiger charge is 2.50. The van der Waals surface area contributed by atoms with Crippen LogP contribution >= 0.6 is 0 Å². The summed E-state index contributed by atoms with van der Waals surface area (Å²) >= 11 is 0. The third kappa shape index (κ3) is 4.08. The molecule has 5 heteroatoms. The van der Waals surface area contributed by atoms with Gasteiger partial charge in [-0.3, -0.25) is 4.79 Å². The van der Waals surface area contributed by atoms with Gasteiger partial charge >= 0.3 is 0 Å². The molecule has 1 aromatic rings. The van der Waals surface area contributed by atoms with Gasteiger partial charge < -0.3 is 9.64 Å². The van der Waals surface area contributed by atoms with Crippen molar-refractivity contribution in [1.29, 1.82) is 5.26 Å². The van der Waals surface area contributed by atoms with E-state index >= 15 is 0 Å². The molecule has 0 aliphatic carbocycles. The minimum absolute atomic E-state index is 0.274. The van der Waals surface area contributed by atoms with Gasteiger partial charge in [-0.25, -0.2) is 4.39 Å². The number of nitrogens with zero attached hydrogens (tertiary/aromatic N) is 2. The number of aryl methyl sites for hydroxylation is 1. The fraction of sp³-hybridized carbons (Fsp3) is 0.556. The number of benzene rings is 1. The lowest BCUT2D eigenvalue weighted by Crippen LogP contribution is -2.48. The molecule has 0 N–H and O–H groups in total. The third-order valence-electron chi connectivity index (χ3n) is 3.74. The molecular weight excluding hydrogens is 295 g/mol. The summed E-state index contributed by atoms with van der Waals surface area (Å²) in [5.74, 6) is -0.403. The molecule has 0 radical (unpaired) electrons. The molecular formula is C18H25FN2O2. The normalized spacial score (nSPS) is 22.0. The SMILES string of the molecule is CC.Cc1ccc([C@H]2OC(C)(C)N(C(=O)CC#N)[C@@H]2CF)cc1. The summed E-state index contributed by atoms with van der Waals surface area (Å²) in [6.45, 7) is 8.70. The van der Waals surface area contributed by atoms with Gasteiger partial charge in [0.1, 0.15) is 24.9 Å². The summed E-state index contributed by atoms with van der Waals surface area (Å²) in [5.41, 5.74) is 1.01. The molecule has 0 saturated carbocycles. The molecule has 23 heavy (non-hydrogen) atoms. The van der Waals surface area contributed by atoms with Crippen LogP contribution in [0.1, 0.15) is 51.3 Å². The lowest BCUT2D eigenvalue weighted by molar-refractivity contribution is -0.146. The number of rotatable bonds is 3. The van der Waals surface area contributed by atoms with E-state index in [1.54, 1.807) is 13.8 Å². The number of amides is 1. The average molecular weight is 320 g/mol. The van der Waals surface area contributed by atoms with E-state index < -0.39 is 30.5 Å². The molecule has 4 nitrogen and oxygen atoms in total. The lowest BCUT2D eigenvalue weighted by Gasteiger charge is -2.32. The van der Waals surface area contributed by atoms with E-state index in [0.717, 1.165) is 11.1 Å². The maximum atomic E-state index is 13.6. The first kappa shape index (κ1) is 19.1. The number of nitriles is 1. The number of ether oxygens (including phenoxy) is 1. The van der Waals surface area contributed by atoms with Crippen molar-refractivity contribution in [2.24, 2.45) is 0 Å². The van der Waals surface area contributed by atoms with E-state index in [-0.39, 0.29) is 6.42 Å². The second kappa shape index (κ2) is 8.07. The van der Waals surface area contributed by atoms with Gasteiger partial charge in [0.2, 0.25) is 5.91 Å². The van der Waals surface area contributed by atoms with Gasteiger partial charge in [-0.05, 0) is 26.3 Å². The van der Waals surface area contributed by atoms with Crippen LogP contribution < -0.4 is 0 Å². The van der Waals surface area contributed by atoms with Crippen LogP contribution in [0.3, 0.4) is 0 Å². The Morgan fingerprint density at radius 2 is 1.91 bits per heavy atom. The van der Waals surface area contributed by atoms with Crippen molar-refractivity contribution in [3.63, 3.8) is 0 Å². The Kier molecular flexibility index (Phi) is 6.71. The van der Waals surface area contributed by atoms with Gasteiger partial charge in [-0.1, -0.05) is 43.7 Å². The third-order valence-corrected chi connectivity index (χ3v) is 3.74. The number of hydrogen-bond donors (Lipinski definition) is 0. The Hall–Kier alpha value is -1.93. The largest absolute Gasteiger partial charge is 0.346 e. The van der Waals surface area contributed by atoms with Crippen molar-refractivity contribution in [2.75, 3.05) is 6.67 Å². The zero-order valence-corrected chi connectivity index (χ0v) is 14.5. The highest BCUT2D eigenvalue weighted by molar-refractivity contribution is 5.79. The molecule has 1 amide bonds. The first-order valence-electron chi connectivity index (χ1n) is 7.90. The van der Waals surface area contributed by atoms with Crippen LogP contribution in [0.2, 0.25) is 0 Å². The van der Waals surface area contributed by atoms with Crippen molar-refractivity contribution in [3.8, 4) is 6.07 Å². The molecule has 2 atom stereocenters. The van der Waals surface area contributed by atoms with Crippen molar-refractivity contribution in [3.05, 3.63) is 35.4 Å². The van der Waals surface area contributed by atoms with E-state index in [2.05, 4.69) is 0 Å². The quantitative estimate of drug-likeness (QED) is 0.848. The molecule has 126 valence electrons. The van der Waals surface area contributed by atoms with Crippen LogP contribution in [0.5, 0.6) is 0 Å². The van der Waals surface area contributed by atoms with Crippen molar-refractivity contribution >= 4 is 5.91 Å². The van der Waals surface area contributed by atoms with Crippen molar-refractivity contribution in [2.45, 2.75) is 58.9 Å². The van der Waals surface area contributed by atoms with Gasteiger partial charge in [0.25, 0.3) is 0 Å². The Morgan fingerprint density at radius 1 is 1.35 bits per heavy atom. The van der Waals surface area contributed by atoms with Crippen LogP contribution in [0.4, 0.5) is 4.39 Å². The molecule has 1 saturated heterocycles. The first-order chi connectivity index (χ1) is 10.9. The maximum absolute atomic E-state index is 13.6. The molecule has 1 heterocycles. The smallest absolute Gasteiger partial charge is 0.239 e. The summed E-state index contributed by atoms with van der Waals surface area (Å²) in [4.78, 5) is 13.5. The molecule has 0 spiro atoms. The Balaban J connectivity index is 0.00000127. The fourth-order valence-corrected chi connectivity index (χ4v) is 2.82. The summed E-state index contributed by atoms with van der Waals surface area (Å²) in [7, 11) is 0. The van der Waals surface area contributed by atoms with E-state index in [1.807, 2.05) is 51.1 Å². The van der Waals surface area contributed by atoms with Crippen LogP contribution in [-0.2, 0) is 9.53 Å². The average Bonchev–Trinajstić information content (AvgIpc) is 2.81. The zero-order valence-electron chi connectivity index (χ0n) is 14.5. The van der Waals surface area contributed by atoms with Crippen LogP contribution in [0, 0.1) is 18.3 Å². The number of hydrogen-bond acceptors (Lipinski definition) is 3.